The van der Waals surface area contributed by atoms with Crippen LogP contribution in [0.3, 0.4) is 0 Å². The number of aryl methyl sites for hydroxylation is 2. The number of thiazole rings is 1. The fourth-order valence-electron chi connectivity index (χ4n) is 2.26. The second kappa shape index (κ2) is 6.00. The molecule has 3 aromatic rings. The largest absolute Gasteiger partial charge is 0.265 e. The van der Waals surface area contributed by atoms with Crippen molar-refractivity contribution in [3.8, 4) is 10.6 Å². The molecule has 0 amide bonds. The zero-order chi connectivity index (χ0) is 14.8. The van der Waals surface area contributed by atoms with Crippen LogP contribution < -0.4 is 0 Å². The molecule has 3 nitrogen and oxygen atoms in total. The topological polar surface area (TPSA) is 30.7 Å². The molecule has 0 radical (unpaired) electrons. The predicted molar refractivity (Wildman–Crippen MR) is 87.9 cm³/mol. The van der Waals surface area contributed by atoms with Crippen LogP contribution in [-0.2, 0) is 12.4 Å². The number of hydrogen-bond acceptors (Lipinski definition) is 3. The highest BCUT2D eigenvalue weighted by molar-refractivity contribution is 7.13. The van der Waals surface area contributed by atoms with E-state index < -0.39 is 0 Å². The van der Waals surface area contributed by atoms with Crippen LogP contribution in [0.5, 0.6) is 0 Å². The van der Waals surface area contributed by atoms with E-state index in [0.717, 1.165) is 28.5 Å². The molecule has 0 aliphatic heterocycles. The van der Waals surface area contributed by atoms with Crippen molar-refractivity contribution in [2.75, 3.05) is 0 Å². The lowest BCUT2D eigenvalue weighted by molar-refractivity contribution is 0.659. The third-order valence-electron chi connectivity index (χ3n) is 3.33. The molecule has 2 heterocycles. The Morgan fingerprint density at radius 3 is 2.52 bits per heavy atom. The summed E-state index contributed by atoms with van der Waals surface area (Å²) in [5.41, 5.74) is 5.54. The van der Waals surface area contributed by atoms with Crippen LogP contribution in [0, 0.1) is 13.8 Å². The minimum absolute atomic E-state index is 0.465. The summed E-state index contributed by atoms with van der Waals surface area (Å²) in [4.78, 5) is 4.50. The van der Waals surface area contributed by atoms with Crippen LogP contribution in [0.4, 0.5) is 0 Å². The van der Waals surface area contributed by atoms with E-state index in [-0.39, 0.29) is 0 Å². The van der Waals surface area contributed by atoms with Crippen molar-refractivity contribution >= 4 is 22.9 Å². The first kappa shape index (κ1) is 14.3. The van der Waals surface area contributed by atoms with Gasteiger partial charge in [0.1, 0.15) is 5.01 Å². The minimum Gasteiger partial charge on any atom is -0.265 e. The molecular weight excluding hydrogens is 302 g/mol. The molecule has 5 heteroatoms. The minimum atomic E-state index is 0.465. The van der Waals surface area contributed by atoms with E-state index in [2.05, 4.69) is 47.3 Å². The maximum atomic E-state index is 5.79. The predicted octanol–water partition coefficient (Wildman–Crippen LogP) is 4.41. The van der Waals surface area contributed by atoms with Crippen LogP contribution in [0.2, 0.25) is 0 Å². The molecule has 0 saturated heterocycles. The summed E-state index contributed by atoms with van der Waals surface area (Å²) in [5, 5.41) is 7.52. The first-order valence-electron chi connectivity index (χ1n) is 6.76. The summed E-state index contributed by atoms with van der Waals surface area (Å²) in [6.45, 7) is 4.89. The van der Waals surface area contributed by atoms with Crippen molar-refractivity contribution in [1.82, 2.24) is 14.8 Å². The molecule has 2 aromatic heterocycles. The summed E-state index contributed by atoms with van der Waals surface area (Å²) >= 11 is 7.42. The first-order valence-corrected chi connectivity index (χ1v) is 8.18. The highest BCUT2D eigenvalue weighted by atomic mass is 35.5. The summed E-state index contributed by atoms with van der Waals surface area (Å²) in [5.74, 6) is 0.465. The molecule has 0 atom stereocenters. The van der Waals surface area contributed by atoms with Gasteiger partial charge in [-0.15, -0.1) is 22.9 Å². The van der Waals surface area contributed by atoms with Crippen LogP contribution in [0.25, 0.3) is 10.6 Å². The third-order valence-corrected chi connectivity index (χ3v) is 4.54. The Bertz CT molecular complexity index is 743. The number of alkyl halides is 1. The maximum absolute atomic E-state index is 5.79. The monoisotopic (exact) mass is 317 g/mol. The normalized spacial score (nSPS) is 11.0. The van der Waals surface area contributed by atoms with Gasteiger partial charge in [-0.1, -0.05) is 24.3 Å². The summed E-state index contributed by atoms with van der Waals surface area (Å²) in [7, 11) is 0. The lowest BCUT2D eigenvalue weighted by Crippen LogP contribution is -2.03. The fourth-order valence-corrected chi connectivity index (χ4v) is 3.32. The highest BCUT2D eigenvalue weighted by Gasteiger charge is 2.05. The molecule has 0 aliphatic carbocycles. The molecule has 0 spiro atoms. The standard InChI is InChI=1S/C16H16ClN3S/c1-11-7-12(2)20(19-11)9-13-3-5-14(6-4-13)16-18-15(8-17)10-21-16/h3-7,10H,8-9H2,1-2H3. The molecule has 1 aromatic carbocycles. The summed E-state index contributed by atoms with van der Waals surface area (Å²) in [6.07, 6.45) is 0. The lowest BCUT2D eigenvalue weighted by Gasteiger charge is -2.05. The van der Waals surface area contributed by atoms with Gasteiger partial charge in [-0.3, -0.25) is 4.68 Å². The smallest absolute Gasteiger partial charge is 0.123 e. The van der Waals surface area contributed by atoms with Crippen LogP contribution in [0.15, 0.2) is 35.7 Å². The van der Waals surface area contributed by atoms with E-state index in [9.17, 15) is 0 Å². The van der Waals surface area contributed by atoms with E-state index in [1.807, 2.05) is 17.0 Å². The zero-order valence-electron chi connectivity index (χ0n) is 12.0. The molecule has 0 saturated carbocycles. The number of hydrogen-bond donors (Lipinski definition) is 0. The second-order valence-electron chi connectivity index (χ2n) is 5.06. The van der Waals surface area contributed by atoms with Gasteiger partial charge in [-0.2, -0.15) is 5.10 Å². The molecule has 0 bridgehead atoms. The maximum Gasteiger partial charge on any atom is 0.123 e. The SMILES string of the molecule is Cc1cc(C)n(Cc2ccc(-c3nc(CCl)cs3)cc2)n1. The van der Waals surface area contributed by atoms with E-state index >= 15 is 0 Å². The average Bonchev–Trinajstić information content (AvgIpc) is 3.07. The van der Waals surface area contributed by atoms with Crippen LogP contribution in [0.1, 0.15) is 22.6 Å². The number of rotatable bonds is 4. The number of benzene rings is 1. The quantitative estimate of drug-likeness (QED) is 0.667. The van der Waals surface area contributed by atoms with Gasteiger partial charge in [-0.05, 0) is 25.5 Å². The van der Waals surface area contributed by atoms with Gasteiger partial charge >= 0.3 is 0 Å². The van der Waals surface area contributed by atoms with Crippen LogP contribution >= 0.6 is 22.9 Å². The molecule has 108 valence electrons. The molecule has 3 rings (SSSR count). The van der Waals surface area contributed by atoms with Crippen molar-refractivity contribution in [3.05, 3.63) is 58.4 Å². The van der Waals surface area contributed by atoms with Gasteiger partial charge < -0.3 is 0 Å². The average molecular weight is 318 g/mol. The van der Waals surface area contributed by atoms with Gasteiger partial charge in [0.25, 0.3) is 0 Å². The highest BCUT2D eigenvalue weighted by Crippen LogP contribution is 2.24. The number of aromatic nitrogens is 3. The second-order valence-corrected chi connectivity index (χ2v) is 6.18. The van der Waals surface area contributed by atoms with Crippen molar-refractivity contribution in [1.29, 1.82) is 0 Å². The third kappa shape index (κ3) is 3.17. The van der Waals surface area contributed by atoms with Gasteiger partial charge in [0.05, 0.1) is 23.8 Å². The van der Waals surface area contributed by atoms with Gasteiger partial charge in [0.15, 0.2) is 0 Å². The zero-order valence-corrected chi connectivity index (χ0v) is 13.6. The van der Waals surface area contributed by atoms with E-state index in [1.54, 1.807) is 11.3 Å². The van der Waals surface area contributed by atoms with Gasteiger partial charge in [-0.25, -0.2) is 4.98 Å². The first-order chi connectivity index (χ1) is 10.2. The van der Waals surface area contributed by atoms with Crippen LogP contribution in [-0.4, -0.2) is 14.8 Å². The number of nitrogens with zero attached hydrogens (tertiary/aromatic N) is 3. The summed E-state index contributed by atoms with van der Waals surface area (Å²) in [6, 6.07) is 10.6. The Labute approximate surface area is 133 Å². The van der Waals surface area contributed by atoms with E-state index in [1.165, 1.54) is 11.3 Å². The van der Waals surface area contributed by atoms with E-state index in [4.69, 9.17) is 11.6 Å². The van der Waals surface area contributed by atoms with Gasteiger partial charge in [0, 0.05) is 16.6 Å². The number of halogens is 1. The van der Waals surface area contributed by atoms with Crippen molar-refractivity contribution in [3.63, 3.8) is 0 Å². The Kier molecular flexibility index (Phi) is 4.08. The Hall–Kier alpha value is -1.65. The molecule has 0 aliphatic rings. The van der Waals surface area contributed by atoms with Gasteiger partial charge in [0.2, 0.25) is 0 Å². The van der Waals surface area contributed by atoms with Crippen molar-refractivity contribution in [2.24, 2.45) is 0 Å². The summed E-state index contributed by atoms with van der Waals surface area (Å²) < 4.78 is 2.03. The van der Waals surface area contributed by atoms with Crippen molar-refractivity contribution < 1.29 is 0 Å². The van der Waals surface area contributed by atoms with Crippen molar-refractivity contribution in [2.45, 2.75) is 26.3 Å². The molecule has 0 unspecified atom stereocenters. The molecular formula is C16H16ClN3S. The Morgan fingerprint density at radius 1 is 1.19 bits per heavy atom. The Morgan fingerprint density at radius 2 is 1.95 bits per heavy atom. The molecule has 21 heavy (non-hydrogen) atoms. The molecule has 0 fully saturated rings. The lowest BCUT2D eigenvalue weighted by atomic mass is 10.1. The fraction of sp³-hybridized carbons (Fsp3) is 0.250. The Balaban J connectivity index is 1.79. The molecule has 0 N–H and O–H groups in total. The van der Waals surface area contributed by atoms with E-state index in [0.29, 0.717) is 5.88 Å².